The molecule has 2 aromatic rings. The molecule has 228 valence electrons. The van der Waals surface area contributed by atoms with Crippen molar-refractivity contribution in [3.8, 4) is 5.75 Å². The second kappa shape index (κ2) is 13.2. The van der Waals surface area contributed by atoms with Crippen molar-refractivity contribution in [2.75, 3.05) is 13.1 Å². The van der Waals surface area contributed by atoms with Crippen molar-refractivity contribution < 1.29 is 34.2 Å². The van der Waals surface area contributed by atoms with E-state index in [4.69, 9.17) is 9.84 Å². The van der Waals surface area contributed by atoms with E-state index in [1.165, 1.54) is 4.90 Å². The number of rotatable bonds is 11. The first-order valence-electron chi connectivity index (χ1n) is 13.9. The first kappa shape index (κ1) is 32.3. The van der Waals surface area contributed by atoms with Crippen LogP contribution >= 0.6 is 0 Å². The largest absolute Gasteiger partial charge is 0.489 e. The summed E-state index contributed by atoms with van der Waals surface area (Å²) in [6.45, 7) is 11.5. The van der Waals surface area contributed by atoms with Crippen LogP contribution < -0.4 is 20.9 Å². The highest BCUT2D eigenvalue weighted by Crippen LogP contribution is 2.37. The molecule has 5 N–H and O–H groups in total. The van der Waals surface area contributed by atoms with E-state index in [0.717, 1.165) is 22.5 Å². The number of pyridine rings is 1. The fraction of sp³-hybridized carbons (Fsp3) is 0.500. The Bertz CT molecular complexity index is 1290. The molecule has 3 rings (SSSR count). The van der Waals surface area contributed by atoms with Crippen LogP contribution in [-0.2, 0) is 26.4 Å². The van der Waals surface area contributed by atoms with Gasteiger partial charge in [-0.1, -0.05) is 32.9 Å². The van der Waals surface area contributed by atoms with Crippen molar-refractivity contribution in [1.82, 2.24) is 26.0 Å². The van der Waals surface area contributed by atoms with Crippen LogP contribution in [0.1, 0.15) is 63.1 Å². The lowest BCUT2D eigenvalue weighted by Gasteiger charge is -2.31. The monoisotopic (exact) mass is 583 g/mol. The summed E-state index contributed by atoms with van der Waals surface area (Å²) in [5.41, 5.74) is 3.63. The summed E-state index contributed by atoms with van der Waals surface area (Å²) in [5.74, 6) is -0.958. The van der Waals surface area contributed by atoms with Gasteiger partial charge in [0.25, 0.3) is 5.91 Å². The Morgan fingerprint density at radius 1 is 1.10 bits per heavy atom. The molecule has 1 aromatic carbocycles. The number of nitrogens with zero attached hydrogens (tertiary/aromatic N) is 2. The van der Waals surface area contributed by atoms with E-state index in [9.17, 15) is 24.4 Å². The molecule has 42 heavy (non-hydrogen) atoms. The molecule has 1 fully saturated rings. The number of aromatic nitrogens is 1. The summed E-state index contributed by atoms with van der Waals surface area (Å²) in [7, 11) is 0. The molecule has 2 unspecified atom stereocenters. The van der Waals surface area contributed by atoms with Gasteiger partial charge in [-0.2, -0.15) is 0 Å². The van der Waals surface area contributed by atoms with Crippen LogP contribution in [0.5, 0.6) is 5.75 Å². The van der Waals surface area contributed by atoms with Crippen molar-refractivity contribution in [1.29, 1.82) is 0 Å². The highest BCUT2D eigenvalue weighted by atomic mass is 16.5. The second-order valence-electron chi connectivity index (χ2n) is 12.0. The molecule has 0 bridgehead atoms. The Morgan fingerprint density at radius 2 is 1.71 bits per heavy atom. The van der Waals surface area contributed by atoms with Crippen molar-refractivity contribution in [3.05, 3.63) is 58.9 Å². The number of benzene rings is 1. The number of aryl methyl sites for hydroxylation is 2. The molecule has 1 aliphatic rings. The van der Waals surface area contributed by atoms with Crippen LogP contribution in [0, 0.1) is 19.3 Å². The average molecular weight is 584 g/mol. The lowest BCUT2D eigenvalue weighted by Crippen LogP contribution is -2.54. The molecule has 0 radical (unpaired) electrons. The minimum absolute atomic E-state index is 0.0185. The lowest BCUT2D eigenvalue weighted by molar-refractivity contribution is -0.144. The Balaban J connectivity index is 1.66. The Morgan fingerprint density at radius 3 is 2.26 bits per heavy atom. The van der Waals surface area contributed by atoms with E-state index in [-0.39, 0.29) is 25.4 Å². The highest BCUT2D eigenvalue weighted by Gasteiger charge is 2.47. The first-order valence-corrected chi connectivity index (χ1v) is 13.9. The smallest absolute Gasteiger partial charge is 0.405 e. The maximum Gasteiger partial charge on any atom is 0.405 e. The van der Waals surface area contributed by atoms with Crippen LogP contribution in [0.15, 0.2) is 36.4 Å². The summed E-state index contributed by atoms with van der Waals surface area (Å²) in [6.07, 6.45) is -0.870. The van der Waals surface area contributed by atoms with Gasteiger partial charge in [-0.15, -0.1) is 0 Å². The van der Waals surface area contributed by atoms with Gasteiger partial charge >= 0.3 is 6.09 Å². The van der Waals surface area contributed by atoms with Crippen LogP contribution in [0.2, 0.25) is 0 Å². The Labute approximate surface area is 245 Å². The van der Waals surface area contributed by atoms with Gasteiger partial charge in [0.05, 0.1) is 5.41 Å². The number of carboxylic acid groups (broad SMARTS) is 1. The number of hydroxylamine groups is 1. The Kier molecular flexibility index (Phi) is 10.2. The van der Waals surface area contributed by atoms with Crippen LogP contribution in [0.25, 0.3) is 0 Å². The van der Waals surface area contributed by atoms with Crippen molar-refractivity contribution in [2.24, 2.45) is 5.41 Å². The molecule has 1 aliphatic heterocycles. The van der Waals surface area contributed by atoms with Gasteiger partial charge in [-0.3, -0.25) is 24.6 Å². The number of ether oxygens (including phenoxy) is 1. The number of carbonyl (C=O) groups is 4. The topological polar surface area (TPSA) is 170 Å². The zero-order valence-corrected chi connectivity index (χ0v) is 25.0. The molecule has 4 amide bonds. The van der Waals surface area contributed by atoms with E-state index in [0.29, 0.717) is 18.8 Å². The normalized spacial score (nSPS) is 18.3. The maximum atomic E-state index is 13.7. The molecule has 1 aromatic heterocycles. The van der Waals surface area contributed by atoms with Gasteiger partial charge in [-0.05, 0) is 74.4 Å². The number of amides is 4. The van der Waals surface area contributed by atoms with Crippen LogP contribution in [0.3, 0.4) is 0 Å². The third-order valence-electron chi connectivity index (χ3n) is 7.53. The van der Waals surface area contributed by atoms with E-state index < -0.39 is 40.8 Å². The summed E-state index contributed by atoms with van der Waals surface area (Å²) in [5, 5.41) is 23.4. The number of hydrogen-bond acceptors (Lipinski definition) is 7. The van der Waals surface area contributed by atoms with Crippen molar-refractivity contribution >= 4 is 23.8 Å². The molecule has 1 saturated heterocycles. The minimum atomic E-state index is -1.33. The third kappa shape index (κ3) is 7.75. The molecule has 12 nitrogen and oxygen atoms in total. The summed E-state index contributed by atoms with van der Waals surface area (Å²) < 4.78 is 5.93. The van der Waals surface area contributed by atoms with E-state index in [1.807, 2.05) is 57.2 Å². The fourth-order valence-electron chi connectivity index (χ4n) is 5.26. The van der Waals surface area contributed by atoms with Crippen molar-refractivity contribution in [2.45, 2.75) is 78.5 Å². The van der Waals surface area contributed by atoms with E-state index in [2.05, 4.69) is 15.6 Å². The summed E-state index contributed by atoms with van der Waals surface area (Å²) >= 11 is 0. The highest BCUT2D eigenvalue weighted by molar-refractivity contribution is 5.94. The molecule has 12 heteroatoms. The summed E-state index contributed by atoms with van der Waals surface area (Å²) in [4.78, 5) is 55.9. The molecular weight excluding hydrogens is 542 g/mol. The van der Waals surface area contributed by atoms with Crippen LogP contribution in [0.4, 0.5) is 4.79 Å². The molecular formula is C30H41N5O7. The SMILES string of the molecule is Cc1cc(COc2ccc(C3(C)CCN(C(CCNC(=O)[C@H](NC(=O)O)C(C)(C)C)C(=O)NO)C3=O)cc2)cc(C)n1. The van der Waals surface area contributed by atoms with Gasteiger partial charge in [0, 0.05) is 24.5 Å². The fourth-order valence-corrected chi connectivity index (χ4v) is 5.26. The molecule has 2 heterocycles. The van der Waals surface area contributed by atoms with Crippen LogP contribution in [-0.4, -0.2) is 69.2 Å². The van der Waals surface area contributed by atoms with E-state index >= 15 is 0 Å². The summed E-state index contributed by atoms with van der Waals surface area (Å²) in [6, 6.07) is 9.15. The minimum Gasteiger partial charge on any atom is -0.489 e. The van der Waals surface area contributed by atoms with Gasteiger partial charge in [0.2, 0.25) is 11.8 Å². The van der Waals surface area contributed by atoms with Crippen molar-refractivity contribution in [3.63, 3.8) is 0 Å². The number of carbonyl (C=O) groups excluding carboxylic acids is 3. The predicted octanol–water partition coefficient (Wildman–Crippen LogP) is 2.83. The van der Waals surface area contributed by atoms with E-state index in [1.54, 1.807) is 26.3 Å². The zero-order valence-electron chi connectivity index (χ0n) is 25.0. The average Bonchev–Trinajstić information content (AvgIpc) is 3.21. The predicted molar refractivity (Wildman–Crippen MR) is 154 cm³/mol. The molecule has 3 atom stereocenters. The zero-order chi connectivity index (χ0) is 31.2. The Hall–Kier alpha value is -4.19. The first-order chi connectivity index (χ1) is 19.6. The molecule has 0 spiro atoms. The third-order valence-corrected chi connectivity index (χ3v) is 7.53. The molecule has 0 saturated carbocycles. The van der Waals surface area contributed by atoms with Gasteiger partial charge in [0.15, 0.2) is 0 Å². The van der Waals surface area contributed by atoms with Gasteiger partial charge in [0.1, 0.15) is 24.4 Å². The standard InChI is InChI=1S/C30H41N5O7/c1-18-15-20(16-19(2)32-18)17-42-22-9-7-21(8-10-22)30(6)12-14-35(27(30)38)23(25(36)34-41)11-13-31-26(37)24(29(3,4)5)33-28(39)40/h7-10,15-16,23-24,33,41H,11-14,17H2,1-6H3,(H,31,37)(H,34,36)(H,39,40)/t23?,24-,30?/m0/s1. The van der Waals surface area contributed by atoms with Gasteiger partial charge in [-0.25, -0.2) is 10.3 Å². The van der Waals surface area contributed by atoms with Gasteiger partial charge < -0.3 is 25.4 Å². The quantitative estimate of drug-likeness (QED) is 0.199. The lowest BCUT2D eigenvalue weighted by atomic mass is 9.81. The maximum absolute atomic E-state index is 13.7. The number of hydrogen-bond donors (Lipinski definition) is 5. The molecule has 0 aliphatic carbocycles. The number of likely N-dealkylation sites (tertiary alicyclic amines) is 1. The second-order valence-corrected chi connectivity index (χ2v) is 12.0. The number of nitrogens with one attached hydrogen (secondary N) is 3.